The van der Waals surface area contributed by atoms with E-state index < -0.39 is 11.7 Å². The lowest BCUT2D eigenvalue weighted by Gasteiger charge is -2.12. The van der Waals surface area contributed by atoms with Crippen molar-refractivity contribution >= 4 is 21.6 Å². The maximum Gasteiger partial charge on any atom is 0.416 e. The summed E-state index contributed by atoms with van der Waals surface area (Å²) < 4.78 is 43.3. The van der Waals surface area contributed by atoms with Crippen molar-refractivity contribution in [2.24, 2.45) is 0 Å². The Labute approximate surface area is 113 Å². The van der Waals surface area contributed by atoms with Gasteiger partial charge in [-0.1, -0.05) is 0 Å². The molecule has 0 amide bonds. The van der Waals surface area contributed by atoms with Crippen LogP contribution in [-0.4, -0.2) is 19.8 Å². The lowest BCUT2D eigenvalue weighted by molar-refractivity contribution is -0.137. The van der Waals surface area contributed by atoms with E-state index in [0.29, 0.717) is 29.9 Å². The van der Waals surface area contributed by atoms with E-state index >= 15 is 0 Å². The molecule has 2 nitrogen and oxygen atoms in total. The van der Waals surface area contributed by atoms with Crippen LogP contribution < -0.4 is 5.32 Å². The van der Waals surface area contributed by atoms with Crippen molar-refractivity contribution in [3.63, 3.8) is 0 Å². The Kier molecular flexibility index (Phi) is 5.95. The second-order valence-electron chi connectivity index (χ2n) is 3.67. The van der Waals surface area contributed by atoms with Gasteiger partial charge in [0.2, 0.25) is 0 Å². The standard InChI is InChI=1S/C12H15BrF3NO/c1-2-18-7-3-6-17-11-8-9(12(14,15)16)4-5-10(11)13/h4-5,8,17H,2-3,6-7H2,1H3. The molecule has 0 heterocycles. The van der Waals surface area contributed by atoms with Crippen LogP contribution >= 0.6 is 15.9 Å². The monoisotopic (exact) mass is 325 g/mol. The highest BCUT2D eigenvalue weighted by molar-refractivity contribution is 9.10. The van der Waals surface area contributed by atoms with Gasteiger partial charge in [0.25, 0.3) is 0 Å². The van der Waals surface area contributed by atoms with Crippen LogP contribution in [0.5, 0.6) is 0 Å². The summed E-state index contributed by atoms with van der Waals surface area (Å²) in [6.07, 6.45) is -3.57. The van der Waals surface area contributed by atoms with E-state index in [9.17, 15) is 13.2 Å². The Morgan fingerprint density at radius 2 is 2.06 bits per heavy atom. The van der Waals surface area contributed by atoms with Gasteiger partial charge in [0, 0.05) is 29.9 Å². The van der Waals surface area contributed by atoms with Crippen molar-refractivity contribution in [2.75, 3.05) is 25.1 Å². The minimum Gasteiger partial charge on any atom is -0.384 e. The van der Waals surface area contributed by atoms with E-state index in [2.05, 4.69) is 21.2 Å². The molecule has 0 aliphatic rings. The average molecular weight is 326 g/mol. The number of nitrogens with one attached hydrogen (secondary N) is 1. The number of benzene rings is 1. The summed E-state index contributed by atoms with van der Waals surface area (Å²) in [5, 5.41) is 2.96. The summed E-state index contributed by atoms with van der Waals surface area (Å²) in [5.41, 5.74) is -0.209. The van der Waals surface area contributed by atoms with Crippen molar-refractivity contribution in [1.29, 1.82) is 0 Å². The molecule has 0 unspecified atom stereocenters. The quantitative estimate of drug-likeness (QED) is 0.787. The first-order chi connectivity index (χ1) is 8.45. The van der Waals surface area contributed by atoms with Gasteiger partial charge in [-0.15, -0.1) is 0 Å². The fraction of sp³-hybridized carbons (Fsp3) is 0.500. The molecular weight excluding hydrogens is 311 g/mol. The van der Waals surface area contributed by atoms with Crippen molar-refractivity contribution in [3.05, 3.63) is 28.2 Å². The van der Waals surface area contributed by atoms with Crippen LogP contribution in [-0.2, 0) is 10.9 Å². The minimum absolute atomic E-state index is 0.446. The van der Waals surface area contributed by atoms with E-state index in [1.165, 1.54) is 6.07 Å². The number of hydrogen-bond donors (Lipinski definition) is 1. The molecule has 1 rings (SSSR count). The van der Waals surface area contributed by atoms with Crippen LogP contribution in [0.3, 0.4) is 0 Å². The lowest BCUT2D eigenvalue weighted by Crippen LogP contribution is -2.09. The minimum atomic E-state index is -4.32. The second kappa shape index (κ2) is 6.99. The summed E-state index contributed by atoms with van der Waals surface area (Å²) in [5.74, 6) is 0. The Bertz CT molecular complexity index is 382. The van der Waals surface area contributed by atoms with Gasteiger partial charge < -0.3 is 10.1 Å². The highest BCUT2D eigenvalue weighted by Crippen LogP contribution is 2.33. The lowest BCUT2D eigenvalue weighted by atomic mass is 10.2. The molecule has 1 aromatic carbocycles. The predicted molar refractivity (Wildman–Crippen MR) is 68.7 cm³/mol. The van der Waals surface area contributed by atoms with Crippen molar-refractivity contribution in [2.45, 2.75) is 19.5 Å². The van der Waals surface area contributed by atoms with Crippen LogP contribution in [0, 0.1) is 0 Å². The van der Waals surface area contributed by atoms with Gasteiger partial charge in [-0.3, -0.25) is 0 Å². The van der Waals surface area contributed by atoms with Crippen LogP contribution in [0.1, 0.15) is 18.9 Å². The average Bonchev–Trinajstić information content (AvgIpc) is 2.29. The number of halogens is 4. The molecule has 0 spiro atoms. The highest BCUT2D eigenvalue weighted by atomic mass is 79.9. The summed E-state index contributed by atoms with van der Waals surface area (Å²) >= 11 is 3.22. The molecule has 0 aliphatic carbocycles. The number of hydrogen-bond acceptors (Lipinski definition) is 2. The van der Waals surface area contributed by atoms with E-state index in [1.54, 1.807) is 0 Å². The molecule has 1 N–H and O–H groups in total. The third-order valence-electron chi connectivity index (χ3n) is 2.28. The van der Waals surface area contributed by atoms with Gasteiger partial charge in [0.1, 0.15) is 0 Å². The largest absolute Gasteiger partial charge is 0.416 e. The number of rotatable bonds is 6. The molecule has 0 saturated carbocycles. The van der Waals surface area contributed by atoms with Crippen LogP contribution in [0.4, 0.5) is 18.9 Å². The number of ether oxygens (including phenoxy) is 1. The topological polar surface area (TPSA) is 21.3 Å². The molecule has 18 heavy (non-hydrogen) atoms. The molecule has 0 saturated heterocycles. The van der Waals surface area contributed by atoms with E-state index in [-0.39, 0.29) is 0 Å². The van der Waals surface area contributed by atoms with Crippen LogP contribution in [0.25, 0.3) is 0 Å². The maximum absolute atomic E-state index is 12.5. The van der Waals surface area contributed by atoms with Gasteiger partial charge in [-0.2, -0.15) is 13.2 Å². The third kappa shape index (κ3) is 4.86. The molecule has 6 heteroatoms. The van der Waals surface area contributed by atoms with Crippen molar-refractivity contribution in [1.82, 2.24) is 0 Å². The third-order valence-corrected chi connectivity index (χ3v) is 2.97. The fourth-order valence-corrected chi connectivity index (χ4v) is 1.77. The summed E-state index contributed by atoms with van der Waals surface area (Å²) in [7, 11) is 0. The van der Waals surface area contributed by atoms with Gasteiger partial charge in [0.05, 0.1) is 5.56 Å². The number of anilines is 1. The zero-order valence-electron chi connectivity index (χ0n) is 9.98. The van der Waals surface area contributed by atoms with Crippen LogP contribution in [0.15, 0.2) is 22.7 Å². The Morgan fingerprint density at radius 3 is 2.67 bits per heavy atom. The van der Waals surface area contributed by atoms with Crippen molar-refractivity contribution in [3.8, 4) is 0 Å². The van der Waals surface area contributed by atoms with Gasteiger partial charge in [-0.25, -0.2) is 0 Å². The van der Waals surface area contributed by atoms with Gasteiger partial charge in [0.15, 0.2) is 0 Å². The zero-order valence-corrected chi connectivity index (χ0v) is 11.6. The maximum atomic E-state index is 12.5. The molecule has 0 bridgehead atoms. The number of alkyl halides is 3. The van der Waals surface area contributed by atoms with Crippen molar-refractivity contribution < 1.29 is 17.9 Å². The van der Waals surface area contributed by atoms with E-state index in [4.69, 9.17) is 4.74 Å². The SMILES string of the molecule is CCOCCCNc1cc(C(F)(F)F)ccc1Br. The zero-order chi connectivity index (χ0) is 13.6. The molecule has 0 atom stereocenters. The van der Waals surface area contributed by atoms with Gasteiger partial charge in [-0.05, 0) is 47.5 Å². The highest BCUT2D eigenvalue weighted by Gasteiger charge is 2.30. The molecule has 0 fully saturated rings. The molecule has 1 aromatic rings. The van der Waals surface area contributed by atoms with Gasteiger partial charge >= 0.3 is 6.18 Å². The Morgan fingerprint density at radius 1 is 1.33 bits per heavy atom. The van der Waals surface area contributed by atoms with E-state index in [1.807, 2.05) is 6.92 Å². The smallest absolute Gasteiger partial charge is 0.384 e. The first-order valence-electron chi connectivity index (χ1n) is 5.63. The molecule has 0 aromatic heterocycles. The Balaban J connectivity index is 2.59. The fourth-order valence-electron chi connectivity index (χ4n) is 1.38. The second-order valence-corrected chi connectivity index (χ2v) is 4.52. The Hall–Kier alpha value is -0.750. The first kappa shape index (κ1) is 15.3. The van der Waals surface area contributed by atoms with Crippen LogP contribution in [0.2, 0.25) is 0 Å². The van der Waals surface area contributed by atoms with E-state index in [0.717, 1.165) is 18.6 Å². The molecule has 0 aliphatic heterocycles. The molecular formula is C12H15BrF3NO. The molecule has 0 radical (unpaired) electrons. The summed E-state index contributed by atoms with van der Waals surface area (Å²) in [6, 6.07) is 3.55. The molecule has 102 valence electrons. The predicted octanol–water partition coefficient (Wildman–Crippen LogP) is 4.31. The first-order valence-corrected chi connectivity index (χ1v) is 6.42. The summed E-state index contributed by atoms with van der Waals surface area (Å²) in [6.45, 7) is 3.71. The summed E-state index contributed by atoms with van der Waals surface area (Å²) in [4.78, 5) is 0. The normalized spacial score (nSPS) is 11.6.